The Kier molecular flexibility index (Phi) is 3.25. The second kappa shape index (κ2) is 4.23. The predicted octanol–water partition coefficient (Wildman–Crippen LogP) is 1.21. The molecule has 1 heterocycles. The van der Waals surface area contributed by atoms with E-state index in [-0.39, 0.29) is 0 Å². The molecule has 3 heteroatoms. The smallest absolute Gasteiger partial charge is 0.0550 e. The molecule has 0 fully saturated rings. The van der Waals surface area contributed by atoms with Crippen molar-refractivity contribution in [1.29, 1.82) is 0 Å². The van der Waals surface area contributed by atoms with Gasteiger partial charge in [0.2, 0.25) is 0 Å². The van der Waals surface area contributed by atoms with Gasteiger partial charge in [-0.05, 0) is 25.7 Å². The summed E-state index contributed by atoms with van der Waals surface area (Å²) in [5.74, 6) is 0. The summed E-state index contributed by atoms with van der Waals surface area (Å²) < 4.78 is 0. The molecule has 0 spiro atoms. The van der Waals surface area contributed by atoms with Gasteiger partial charge in [-0.3, -0.25) is 4.98 Å². The second-order valence-corrected chi connectivity index (χ2v) is 3.68. The first-order valence-corrected chi connectivity index (χ1v) is 4.35. The summed E-state index contributed by atoms with van der Waals surface area (Å²) in [5.41, 5.74) is 2.40. The van der Waals surface area contributed by atoms with Gasteiger partial charge in [0.15, 0.2) is 0 Å². The highest BCUT2D eigenvalue weighted by molar-refractivity contribution is 5.44. The van der Waals surface area contributed by atoms with Crippen molar-refractivity contribution < 1.29 is 0 Å². The van der Waals surface area contributed by atoms with E-state index in [2.05, 4.69) is 34.9 Å². The van der Waals surface area contributed by atoms with Crippen LogP contribution < -0.4 is 4.90 Å². The van der Waals surface area contributed by atoms with Crippen LogP contribution in [0.25, 0.3) is 0 Å². The number of aromatic nitrogens is 1. The lowest BCUT2D eigenvalue weighted by molar-refractivity contribution is 0.402. The molecular weight excluding hydrogens is 162 g/mol. The van der Waals surface area contributed by atoms with E-state index in [9.17, 15) is 0 Å². The number of pyridine rings is 1. The molecule has 0 bridgehead atoms. The summed E-state index contributed by atoms with van der Waals surface area (Å²) in [5, 5.41) is 0. The molecule has 0 aliphatic carbocycles. The highest BCUT2D eigenvalue weighted by atomic mass is 15.1. The van der Waals surface area contributed by atoms with Gasteiger partial charge < -0.3 is 9.80 Å². The lowest BCUT2D eigenvalue weighted by Gasteiger charge is -2.14. The first-order chi connectivity index (χ1) is 6.09. The van der Waals surface area contributed by atoms with E-state index in [0.717, 1.165) is 12.2 Å². The van der Waals surface area contributed by atoms with Gasteiger partial charge in [-0.15, -0.1) is 0 Å². The quantitative estimate of drug-likeness (QED) is 0.695. The minimum absolute atomic E-state index is 0.939. The Morgan fingerprint density at radius 2 is 1.85 bits per heavy atom. The maximum Gasteiger partial charge on any atom is 0.0550 e. The lowest BCUT2D eigenvalue weighted by atomic mass is 10.2. The van der Waals surface area contributed by atoms with Gasteiger partial charge in [-0.25, -0.2) is 0 Å². The Morgan fingerprint density at radius 1 is 1.15 bits per heavy atom. The average Bonchev–Trinajstić information content (AvgIpc) is 2.03. The van der Waals surface area contributed by atoms with Crippen molar-refractivity contribution in [3.8, 4) is 0 Å². The Labute approximate surface area is 80.0 Å². The van der Waals surface area contributed by atoms with Gasteiger partial charge in [0.25, 0.3) is 0 Å². The molecule has 0 saturated carbocycles. The van der Waals surface area contributed by atoms with Gasteiger partial charge >= 0.3 is 0 Å². The summed E-state index contributed by atoms with van der Waals surface area (Å²) in [6.07, 6.45) is 3.78. The Bertz CT molecular complexity index is 269. The Morgan fingerprint density at radius 3 is 2.38 bits per heavy atom. The molecule has 1 aromatic heterocycles. The first-order valence-electron chi connectivity index (χ1n) is 4.35. The molecule has 0 amide bonds. The van der Waals surface area contributed by atoms with Gasteiger partial charge in [-0.2, -0.15) is 0 Å². The first kappa shape index (κ1) is 9.99. The zero-order valence-corrected chi connectivity index (χ0v) is 8.78. The van der Waals surface area contributed by atoms with Crippen LogP contribution in [0.15, 0.2) is 18.5 Å². The molecule has 0 saturated heterocycles. The maximum absolute atomic E-state index is 4.19. The standard InChI is InChI=1S/C10H17N3/c1-12(2)8-9-5-10(13(3)4)7-11-6-9/h5-7H,8H2,1-4H3. The highest BCUT2D eigenvalue weighted by Gasteiger charge is 1.99. The predicted molar refractivity (Wildman–Crippen MR) is 56.0 cm³/mol. The van der Waals surface area contributed by atoms with Crippen LogP contribution in [0.2, 0.25) is 0 Å². The van der Waals surface area contributed by atoms with Crippen LogP contribution in [0.3, 0.4) is 0 Å². The molecule has 1 aromatic rings. The maximum atomic E-state index is 4.19. The molecule has 0 radical (unpaired) electrons. The molecule has 13 heavy (non-hydrogen) atoms. The highest BCUT2D eigenvalue weighted by Crippen LogP contribution is 2.11. The topological polar surface area (TPSA) is 19.4 Å². The molecule has 1 rings (SSSR count). The summed E-state index contributed by atoms with van der Waals surface area (Å²) in [4.78, 5) is 8.39. The van der Waals surface area contributed by atoms with Crippen molar-refractivity contribution in [2.45, 2.75) is 6.54 Å². The van der Waals surface area contributed by atoms with Crippen LogP contribution in [-0.4, -0.2) is 38.1 Å². The van der Waals surface area contributed by atoms with E-state index >= 15 is 0 Å². The number of anilines is 1. The molecule has 0 aliphatic rings. The fourth-order valence-corrected chi connectivity index (χ4v) is 1.17. The second-order valence-electron chi connectivity index (χ2n) is 3.68. The lowest BCUT2D eigenvalue weighted by Crippen LogP contribution is -2.13. The minimum Gasteiger partial charge on any atom is -0.376 e. The van der Waals surface area contributed by atoms with Crippen LogP contribution in [0.5, 0.6) is 0 Å². The fourth-order valence-electron chi connectivity index (χ4n) is 1.17. The molecule has 0 aliphatic heterocycles. The third-order valence-electron chi connectivity index (χ3n) is 1.80. The van der Waals surface area contributed by atoms with Gasteiger partial charge in [0, 0.05) is 26.8 Å². The van der Waals surface area contributed by atoms with Crippen molar-refractivity contribution in [3.05, 3.63) is 24.0 Å². The summed E-state index contributed by atoms with van der Waals surface area (Å²) in [7, 11) is 8.16. The Hall–Kier alpha value is -1.09. The van der Waals surface area contributed by atoms with Crippen LogP contribution in [0.4, 0.5) is 5.69 Å². The third-order valence-corrected chi connectivity index (χ3v) is 1.80. The van der Waals surface area contributed by atoms with Crippen LogP contribution >= 0.6 is 0 Å². The SMILES string of the molecule is CN(C)Cc1cncc(N(C)C)c1. The number of hydrogen-bond acceptors (Lipinski definition) is 3. The number of hydrogen-bond donors (Lipinski definition) is 0. The largest absolute Gasteiger partial charge is 0.376 e. The molecule has 0 aromatic carbocycles. The molecular formula is C10H17N3. The zero-order valence-electron chi connectivity index (χ0n) is 8.78. The molecule has 72 valence electrons. The molecule has 0 unspecified atom stereocenters. The monoisotopic (exact) mass is 179 g/mol. The Balaban J connectivity index is 2.79. The van der Waals surface area contributed by atoms with Crippen molar-refractivity contribution in [1.82, 2.24) is 9.88 Å². The average molecular weight is 179 g/mol. The fraction of sp³-hybridized carbons (Fsp3) is 0.500. The summed E-state index contributed by atoms with van der Waals surface area (Å²) in [6, 6.07) is 2.16. The molecule has 0 N–H and O–H groups in total. The van der Waals surface area contributed by atoms with E-state index in [1.54, 1.807) is 0 Å². The summed E-state index contributed by atoms with van der Waals surface area (Å²) >= 11 is 0. The van der Waals surface area contributed by atoms with Crippen molar-refractivity contribution in [3.63, 3.8) is 0 Å². The van der Waals surface area contributed by atoms with Crippen LogP contribution in [0, 0.1) is 0 Å². The van der Waals surface area contributed by atoms with Gasteiger partial charge in [-0.1, -0.05) is 0 Å². The molecule has 0 atom stereocenters. The third kappa shape index (κ3) is 3.03. The van der Waals surface area contributed by atoms with Crippen LogP contribution in [-0.2, 0) is 6.54 Å². The normalized spacial score (nSPS) is 10.5. The van der Waals surface area contributed by atoms with Crippen molar-refractivity contribution in [2.75, 3.05) is 33.1 Å². The van der Waals surface area contributed by atoms with E-state index in [1.807, 2.05) is 26.5 Å². The van der Waals surface area contributed by atoms with E-state index in [1.165, 1.54) is 5.56 Å². The molecule has 3 nitrogen and oxygen atoms in total. The van der Waals surface area contributed by atoms with Gasteiger partial charge in [0.1, 0.15) is 0 Å². The van der Waals surface area contributed by atoms with E-state index < -0.39 is 0 Å². The number of nitrogens with zero attached hydrogens (tertiary/aromatic N) is 3. The van der Waals surface area contributed by atoms with Crippen molar-refractivity contribution >= 4 is 5.69 Å². The van der Waals surface area contributed by atoms with Gasteiger partial charge in [0.05, 0.1) is 11.9 Å². The summed E-state index contributed by atoms with van der Waals surface area (Å²) in [6.45, 7) is 0.939. The van der Waals surface area contributed by atoms with E-state index in [0.29, 0.717) is 0 Å². The van der Waals surface area contributed by atoms with Crippen LogP contribution in [0.1, 0.15) is 5.56 Å². The zero-order chi connectivity index (χ0) is 9.84. The minimum atomic E-state index is 0.939. The number of rotatable bonds is 3. The van der Waals surface area contributed by atoms with Crippen molar-refractivity contribution in [2.24, 2.45) is 0 Å². The van der Waals surface area contributed by atoms with E-state index in [4.69, 9.17) is 0 Å².